The number of aromatic nitrogens is 3. The van der Waals surface area contributed by atoms with Crippen molar-refractivity contribution in [2.75, 3.05) is 11.1 Å². The van der Waals surface area contributed by atoms with Gasteiger partial charge in [0.05, 0.1) is 43.1 Å². The number of nitrogens with one attached hydrogen (secondary N) is 2. The molecular formula is C21H19Cl4N5O2S. The molecule has 1 atom stereocenters. The van der Waals surface area contributed by atoms with E-state index < -0.39 is 6.04 Å². The minimum absolute atomic E-state index is 0.0646. The first-order valence-electron chi connectivity index (χ1n) is 9.77. The Morgan fingerprint density at radius 2 is 1.73 bits per heavy atom. The molecule has 3 aromatic rings. The highest BCUT2D eigenvalue weighted by Crippen LogP contribution is 2.32. The van der Waals surface area contributed by atoms with Crippen molar-refractivity contribution in [2.45, 2.75) is 31.6 Å². The summed E-state index contributed by atoms with van der Waals surface area (Å²) < 4.78 is 1.83. The summed E-state index contributed by atoms with van der Waals surface area (Å²) in [6.45, 7) is 4.28. The summed E-state index contributed by atoms with van der Waals surface area (Å²) in [5.74, 6) is 0.0152. The highest BCUT2D eigenvalue weighted by atomic mass is 35.5. The maximum atomic E-state index is 12.6. The molecule has 174 valence electrons. The topological polar surface area (TPSA) is 88.9 Å². The lowest BCUT2D eigenvalue weighted by Crippen LogP contribution is -2.29. The second kappa shape index (κ2) is 11.4. The molecule has 0 unspecified atom stereocenters. The van der Waals surface area contributed by atoms with Gasteiger partial charge in [-0.15, -0.1) is 10.2 Å². The van der Waals surface area contributed by atoms with Gasteiger partial charge in [-0.1, -0.05) is 70.3 Å². The summed E-state index contributed by atoms with van der Waals surface area (Å²) >= 11 is 25.3. The van der Waals surface area contributed by atoms with Crippen LogP contribution in [0.5, 0.6) is 0 Å². The van der Waals surface area contributed by atoms with E-state index in [1.165, 1.54) is 23.9 Å². The Balaban J connectivity index is 1.65. The molecule has 1 heterocycles. The smallest absolute Gasteiger partial charge is 0.253 e. The average Bonchev–Trinajstić information content (AvgIpc) is 3.19. The molecule has 0 aliphatic heterocycles. The molecule has 33 heavy (non-hydrogen) atoms. The Labute approximate surface area is 215 Å². The molecular weight excluding hydrogens is 528 g/mol. The van der Waals surface area contributed by atoms with E-state index in [2.05, 4.69) is 20.8 Å². The maximum absolute atomic E-state index is 12.6. The lowest BCUT2D eigenvalue weighted by Gasteiger charge is -2.15. The first kappa shape index (κ1) is 25.6. The molecule has 0 radical (unpaired) electrons. The van der Waals surface area contributed by atoms with Crippen molar-refractivity contribution in [3.8, 4) is 0 Å². The highest BCUT2D eigenvalue weighted by molar-refractivity contribution is 7.99. The number of rotatable bonds is 8. The van der Waals surface area contributed by atoms with Crippen LogP contribution in [0.3, 0.4) is 0 Å². The van der Waals surface area contributed by atoms with Crippen molar-refractivity contribution < 1.29 is 9.59 Å². The van der Waals surface area contributed by atoms with Gasteiger partial charge in [-0.05, 0) is 38.1 Å². The predicted octanol–water partition coefficient (Wildman–Crippen LogP) is 6.13. The average molecular weight is 547 g/mol. The standard InChI is InChI=1S/C21H19Cl4N5O2S/c1-3-30-19(11(2)26-20(32)12-6-4-5-7-13(12)22)28-29-21(30)33-10-18(31)27-17-9-15(24)14(23)8-16(17)25/h4-9,11H,3,10H2,1-2H3,(H,26,32)(H,27,31)/t11-/m0/s1. The molecule has 2 aromatic carbocycles. The third-order valence-corrected chi connectivity index (χ3v) is 6.86. The van der Waals surface area contributed by atoms with Crippen LogP contribution in [-0.2, 0) is 11.3 Å². The quantitative estimate of drug-likeness (QED) is 0.262. The lowest BCUT2D eigenvalue weighted by atomic mass is 10.2. The lowest BCUT2D eigenvalue weighted by molar-refractivity contribution is -0.113. The van der Waals surface area contributed by atoms with Gasteiger partial charge in [0.2, 0.25) is 5.91 Å². The van der Waals surface area contributed by atoms with Crippen LogP contribution in [0.1, 0.15) is 36.1 Å². The van der Waals surface area contributed by atoms with E-state index in [0.29, 0.717) is 38.8 Å². The fraction of sp³-hybridized carbons (Fsp3) is 0.238. The SMILES string of the molecule is CCn1c(SCC(=O)Nc2cc(Cl)c(Cl)cc2Cl)nnc1[C@H](C)NC(=O)c1ccccc1Cl. The number of anilines is 1. The fourth-order valence-corrected chi connectivity index (χ4v) is 4.57. The minimum Gasteiger partial charge on any atom is -0.342 e. The number of hydrogen-bond donors (Lipinski definition) is 2. The minimum atomic E-state index is -0.431. The van der Waals surface area contributed by atoms with Crippen molar-refractivity contribution >= 4 is 75.7 Å². The Morgan fingerprint density at radius 3 is 2.42 bits per heavy atom. The molecule has 0 saturated carbocycles. The van der Waals surface area contributed by atoms with E-state index in [9.17, 15) is 9.59 Å². The monoisotopic (exact) mass is 545 g/mol. The molecule has 7 nitrogen and oxygen atoms in total. The second-order valence-corrected chi connectivity index (χ2v) is 9.41. The largest absolute Gasteiger partial charge is 0.342 e. The van der Waals surface area contributed by atoms with Gasteiger partial charge >= 0.3 is 0 Å². The van der Waals surface area contributed by atoms with Crippen molar-refractivity contribution in [1.82, 2.24) is 20.1 Å². The van der Waals surface area contributed by atoms with Crippen molar-refractivity contribution in [2.24, 2.45) is 0 Å². The zero-order chi connectivity index (χ0) is 24.1. The molecule has 3 rings (SSSR count). The molecule has 0 fully saturated rings. The Bertz CT molecular complexity index is 1190. The fourth-order valence-electron chi connectivity index (χ4n) is 2.94. The van der Waals surface area contributed by atoms with E-state index in [1.807, 2.05) is 11.5 Å². The molecule has 12 heteroatoms. The van der Waals surface area contributed by atoms with Crippen LogP contribution in [0, 0.1) is 0 Å². The van der Waals surface area contributed by atoms with Gasteiger partial charge in [0.15, 0.2) is 11.0 Å². The van der Waals surface area contributed by atoms with Crippen molar-refractivity contribution in [3.05, 3.63) is 67.9 Å². The zero-order valence-corrected chi connectivity index (χ0v) is 21.4. The van der Waals surface area contributed by atoms with Crippen molar-refractivity contribution in [1.29, 1.82) is 0 Å². The maximum Gasteiger partial charge on any atom is 0.253 e. The van der Waals surface area contributed by atoms with Crippen LogP contribution in [0.2, 0.25) is 20.1 Å². The van der Waals surface area contributed by atoms with Crippen molar-refractivity contribution in [3.63, 3.8) is 0 Å². The van der Waals surface area contributed by atoms with Crippen LogP contribution in [-0.4, -0.2) is 32.3 Å². The summed E-state index contributed by atoms with van der Waals surface area (Å²) in [5.41, 5.74) is 0.742. The molecule has 0 bridgehead atoms. The molecule has 0 spiro atoms. The number of nitrogens with zero attached hydrogens (tertiary/aromatic N) is 3. The van der Waals surface area contributed by atoms with E-state index in [4.69, 9.17) is 46.4 Å². The molecule has 1 aromatic heterocycles. The number of benzene rings is 2. The number of amides is 2. The summed E-state index contributed by atoms with van der Waals surface area (Å²) in [6.07, 6.45) is 0. The Morgan fingerprint density at radius 1 is 1.03 bits per heavy atom. The molecule has 2 N–H and O–H groups in total. The first-order valence-corrected chi connectivity index (χ1v) is 12.3. The van der Waals surface area contributed by atoms with Crippen LogP contribution in [0.25, 0.3) is 0 Å². The molecule has 2 amide bonds. The third kappa shape index (κ3) is 6.33. The number of halogens is 4. The van der Waals surface area contributed by atoms with Gasteiger partial charge in [0.25, 0.3) is 5.91 Å². The first-order chi connectivity index (χ1) is 15.7. The van der Waals surface area contributed by atoms with Crippen LogP contribution in [0.15, 0.2) is 41.6 Å². The van der Waals surface area contributed by atoms with Gasteiger partial charge in [0.1, 0.15) is 0 Å². The van der Waals surface area contributed by atoms with Gasteiger partial charge in [-0.2, -0.15) is 0 Å². The Kier molecular flexibility index (Phi) is 8.89. The van der Waals surface area contributed by atoms with Gasteiger partial charge in [-0.3, -0.25) is 9.59 Å². The van der Waals surface area contributed by atoms with E-state index >= 15 is 0 Å². The predicted molar refractivity (Wildman–Crippen MR) is 134 cm³/mol. The van der Waals surface area contributed by atoms with E-state index in [-0.39, 0.29) is 27.6 Å². The molecule has 0 saturated heterocycles. The van der Waals surface area contributed by atoms with Gasteiger partial charge in [-0.25, -0.2) is 0 Å². The third-order valence-electron chi connectivity index (χ3n) is 4.53. The summed E-state index contributed by atoms with van der Waals surface area (Å²) in [6, 6.07) is 9.32. The number of carbonyl (C=O) groups is 2. The van der Waals surface area contributed by atoms with Crippen LogP contribution >= 0.6 is 58.2 Å². The van der Waals surface area contributed by atoms with Gasteiger partial charge in [0, 0.05) is 6.54 Å². The highest BCUT2D eigenvalue weighted by Gasteiger charge is 2.21. The zero-order valence-electron chi connectivity index (χ0n) is 17.5. The number of thioether (sulfide) groups is 1. The molecule has 0 aliphatic carbocycles. The number of carbonyl (C=O) groups excluding carboxylic acids is 2. The summed E-state index contributed by atoms with van der Waals surface area (Å²) in [5, 5.41) is 15.8. The van der Waals surface area contributed by atoms with E-state index in [1.54, 1.807) is 31.2 Å². The van der Waals surface area contributed by atoms with Crippen LogP contribution in [0.4, 0.5) is 5.69 Å². The van der Waals surface area contributed by atoms with Gasteiger partial charge < -0.3 is 15.2 Å². The summed E-state index contributed by atoms with van der Waals surface area (Å²) in [4.78, 5) is 25.0. The number of hydrogen-bond acceptors (Lipinski definition) is 5. The normalized spacial score (nSPS) is 11.8. The summed E-state index contributed by atoms with van der Waals surface area (Å²) in [7, 11) is 0. The van der Waals surface area contributed by atoms with Crippen LogP contribution < -0.4 is 10.6 Å². The molecule has 0 aliphatic rings. The second-order valence-electron chi connectivity index (χ2n) is 6.84. The van der Waals surface area contributed by atoms with E-state index in [0.717, 1.165) is 0 Å². The Hall–Kier alpha value is -1.97.